The number of methoxy groups -OCH3 is 1. The van der Waals surface area contributed by atoms with Crippen LogP contribution in [-0.4, -0.2) is 37.7 Å². The highest BCUT2D eigenvalue weighted by Gasteiger charge is 2.17. The van der Waals surface area contributed by atoms with Gasteiger partial charge < -0.3 is 20.1 Å². The van der Waals surface area contributed by atoms with Crippen LogP contribution in [0.5, 0.6) is 11.5 Å². The maximum absolute atomic E-state index is 12.8. The third-order valence-corrected chi connectivity index (χ3v) is 4.52. The Morgan fingerprint density at radius 3 is 2.38 bits per heavy atom. The second-order valence-electron chi connectivity index (χ2n) is 6.89. The number of ether oxygens (including phenoxy) is 2. The number of anilines is 2. The number of nitrogens with one attached hydrogen (secondary N) is 3. The van der Waals surface area contributed by atoms with Gasteiger partial charge in [0.25, 0.3) is 5.91 Å². The minimum atomic E-state index is -0.985. The molecule has 3 rings (SSSR count). The number of hydrazone groups is 1. The van der Waals surface area contributed by atoms with Crippen LogP contribution in [0.2, 0.25) is 0 Å². The summed E-state index contributed by atoms with van der Waals surface area (Å²) >= 11 is 0. The summed E-state index contributed by atoms with van der Waals surface area (Å²) in [5, 5.41) is 8.98. The van der Waals surface area contributed by atoms with E-state index in [1.165, 1.54) is 12.3 Å². The zero-order valence-corrected chi connectivity index (χ0v) is 18.7. The number of nitrogens with zero attached hydrogens (tertiary/aromatic N) is 1. The van der Waals surface area contributed by atoms with E-state index in [1.54, 1.807) is 73.8 Å². The highest BCUT2D eigenvalue weighted by molar-refractivity contribution is 6.40. The Bertz CT molecular complexity index is 1190. The molecule has 0 aromatic heterocycles. The Hall–Kier alpha value is -4.66. The number of hydrogen-bond donors (Lipinski definition) is 3. The van der Waals surface area contributed by atoms with Gasteiger partial charge in [-0.3, -0.25) is 14.4 Å². The number of hydrogen-bond acceptors (Lipinski definition) is 6. The normalized spacial score (nSPS) is 10.4. The van der Waals surface area contributed by atoms with Crippen molar-refractivity contribution in [1.82, 2.24) is 5.43 Å². The van der Waals surface area contributed by atoms with E-state index >= 15 is 0 Å². The molecule has 174 valence electrons. The van der Waals surface area contributed by atoms with Crippen molar-refractivity contribution in [2.75, 3.05) is 24.4 Å². The highest BCUT2D eigenvalue weighted by Crippen LogP contribution is 2.20. The number of benzene rings is 3. The van der Waals surface area contributed by atoms with Gasteiger partial charge in [0.2, 0.25) is 0 Å². The van der Waals surface area contributed by atoms with E-state index in [0.717, 1.165) is 0 Å². The summed E-state index contributed by atoms with van der Waals surface area (Å²) < 4.78 is 10.5. The van der Waals surface area contributed by atoms with Gasteiger partial charge in [-0.25, -0.2) is 5.43 Å². The number of carbonyl (C=O) groups excluding carboxylic acids is 3. The lowest BCUT2D eigenvalue weighted by molar-refractivity contribution is -0.136. The standard InChI is InChI=1S/C25H24N4O5/c1-3-34-19-13-11-18(12-14-19)27-23(30)21-9-4-5-10-22(21)28-24(31)25(32)29-26-16-17-7-6-8-20(15-17)33-2/h4-16H,3H2,1-2H3,(H,27,30)(H,28,31)(H,29,32). The molecule has 0 atom stereocenters. The summed E-state index contributed by atoms with van der Waals surface area (Å²) in [5.41, 5.74) is 3.77. The van der Waals surface area contributed by atoms with Crippen molar-refractivity contribution < 1.29 is 23.9 Å². The van der Waals surface area contributed by atoms with Gasteiger partial charge >= 0.3 is 11.8 Å². The molecule has 0 aliphatic heterocycles. The second kappa shape index (κ2) is 11.8. The predicted octanol–water partition coefficient (Wildman–Crippen LogP) is 3.44. The molecule has 9 nitrogen and oxygen atoms in total. The molecule has 0 bridgehead atoms. The van der Waals surface area contributed by atoms with Crippen LogP contribution in [0.1, 0.15) is 22.8 Å². The van der Waals surface area contributed by atoms with E-state index in [0.29, 0.717) is 29.4 Å². The average Bonchev–Trinajstić information content (AvgIpc) is 2.85. The topological polar surface area (TPSA) is 118 Å². The summed E-state index contributed by atoms with van der Waals surface area (Å²) in [4.78, 5) is 37.2. The molecule has 3 aromatic carbocycles. The molecule has 34 heavy (non-hydrogen) atoms. The Labute approximate surface area is 196 Å². The van der Waals surface area contributed by atoms with E-state index in [2.05, 4.69) is 21.2 Å². The van der Waals surface area contributed by atoms with Crippen molar-refractivity contribution in [1.29, 1.82) is 0 Å². The van der Waals surface area contributed by atoms with E-state index in [9.17, 15) is 14.4 Å². The molecule has 0 spiro atoms. The van der Waals surface area contributed by atoms with Crippen molar-refractivity contribution in [3.05, 3.63) is 83.9 Å². The smallest absolute Gasteiger partial charge is 0.329 e. The van der Waals surface area contributed by atoms with Gasteiger partial charge in [0.05, 0.1) is 31.2 Å². The summed E-state index contributed by atoms with van der Waals surface area (Å²) in [6.45, 7) is 2.42. The number of para-hydroxylation sites is 1. The van der Waals surface area contributed by atoms with Gasteiger partial charge in [0.15, 0.2) is 0 Å². The summed E-state index contributed by atoms with van der Waals surface area (Å²) in [6.07, 6.45) is 1.38. The Kier molecular flexibility index (Phi) is 8.34. The van der Waals surface area contributed by atoms with Crippen molar-refractivity contribution >= 4 is 35.3 Å². The zero-order valence-electron chi connectivity index (χ0n) is 18.7. The summed E-state index contributed by atoms with van der Waals surface area (Å²) in [6, 6.07) is 20.3. The third kappa shape index (κ3) is 6.67. The first-order valence-electron chi connectivity index (χ1n) is 10.4. The Morgan fingerprint density at radius 1 is 0.882 bits per heavy atom. The first-order chi connectivity index (χ1) is 16.5. The largest absolute Gasteiger partial charge is 0.497 e. The van der Waals surface area contributed by atoms with E-state index in [1.807, 2.05) is 6.92 Å². The lowest BCUT2D eigenvalue weighted by atomic mass is 10.1. The molecule has 0 saturated heterocycles. The molecule has 0 fully saturated rings. The van der Waals surface area contributed by atoms with Crippen LogP contribution in [0.3, 0.4) is 0 Å². The summed E-state index contributed by atoms with van der Waals surface area (Å²) in [5.74, 6) is -1.08. The molecular formula is C25H24N4O5. The SMILES string of the molecule is CCOc1ccc(NC(=O)c2ccccc2NC(=O)C(=O)NN=Cc2cccc(OC)c2)cc1. The van der Waals surface area contributed by atoms with E-state index in [4.69, 9.17) is 9.47 Å². The van der Waals surface area contributed by atoms with Crippen molar-refractivity contribution in [3.8, 4) is 11.5 Å². The molecule has 0 aliphatic carbocycles. The van der Waals surface area contributed by atoms with Crippen molar-refractivity contribution in [3.63, 3.8) is 0 Å². The zero-order chi connectivity index (χ0) is 24.3. The average molecular weight is 460 g/mol. The fraction of sp³-hybridized carbons (Fsp3) is 0.120. The Morgan fingerprint density at radius 2 is 1.65 bits per heavy atom. The summed E-state index contributed by atoms with van der Waals surface area (Å²) in [7, 11) is 1.54. The third-order valence-electron chi connectivity index (χ3n) is 4.52. The second-order valence-corrected chi connectivity index (χ2v) is 6.89. The first-order valence-corrected chi connectivity index (χ1v) is 10.4. The van der Waals surface area contributed by atoms with Crippen LogP contribution in [-0.2, 0) is 9.59 Å². The lowest BCUT2D eigenvalue weighted by Gasteiger charge is -2.11. The van der Waals surface area contributed by atoms with E-state index in [-0.39, 0.29) is 11.3 Å². The maximum Gasteiger partial charge on any atom is 0.329 e. The van der Waals surface area contributed by atoms with Gasteiger partial charge in [-0.1, -0.05) is 24.3 Å². The van der Waals surface area contributed by atoms with Gasteiger partial charge in [0.1, 0.15) is 11.5 Å². The predicted molar refractivity (Wildman–Crippen MR) is 129 cm³/mol. The molecule has 0 radical (unpaired) electrons. The quantitative estimate of drug-likeness (QED) is 0.270. The fourth-order valence-corrected chi connectivity index (χ4v) is 2.91. The number of carbonyl (C=O) groups is 3. The molecule has 3 amide bonds. The molecule has 0 saturated carbocycles. The molecular weight excluding hydrogens is 436 g/mol. The molecule has 0 unspecified atom stereocenters. The van der Waals surface area contributed by atoms with Crippen LogP contribution < -0.4 is 25.5 Å². The fourth-order valence-electron chi connectivity index (χ4n) is 2.91. The van der Waals surface area contributed by atoms with Crippen molar-refractivity contribution in [2.45, 2.75) is 6.92 Å². The van der Waals surface area contributed by atoms with Gasteiger partial charge in [-0.2, -0.15) is 5.10 Å². The van der Waals surface area contributed by atoms with Gasteiger partial charge in [-0.05, 0) is 61.0 Å². The van der Waals surface area contributed by atoms with Crippen LogP contribution >= 0.6 is 0 Å². The van der Waals surface area contributed by atoms with Crippen LogP contribution in [0.15, 0.2) is 77.9 Å². The minimum absolute atomic E-state index is 0.183. The number of rotatable bonds is 8. The van der Waals surface area contributed by atoms with Crippen LogP contribution in [0, 0.1) is 0 Å². The van der Waals surface area contributed by atoms with Gasteiger partial charge in [-0.15, -0.1) is 0 Å². The maximum atomic E-state index is 12.8. The van der Waals surface area contributed by atoms with Crippen LogP contribution in [0.4, 0.5) is 11.4 Å². The van der Waals surface area contributed by atoms with E-state index < -0.39 is 17.7 Å². The van der Waals surface area contributed by atoms with Crippen LogP contribution in [0.25, 0.3) is 0 Å². The molecule has 9 heteroatoms. The molecule has 3 N–H and O–H groups in total. The Balaban J connectivity index is 1.61. The van der Waals surface area contributed by atoms with Gasteiger partial charge in [0, 0.05) is 5.69 Å². The lowest BCUT2D eigenvalue weighted by Crippen LogP contribution is -2.33. The number of amides is 3. The minimum Gasteiger partial charge on any atom is -0.497 e. The molecule has 0 heterocycles. The first kappa shape index (κ1) is 24.0. The highest BCUT2D eigenvalue weighted by atomic mass is 16.5. The molecule has 0 aliphatic rings. The monoisotopic (exact) mass is 460 g/mol. The van der Waals surface area contributed by atoms with Crippen molar-refractivity contribution in [2.24, 2.45) is 5.10 Å². The molecule has 3 aromatic rings.